The number of hydrogen-bond acceptors (Lipinski definition) is 7. The molecule has 29 heavy (non-hydrogen) atoms. The van der Waals surface area contributed by atoms with Crippen molar-refractivity contribution in [3.63, 3.8) is 0 Å². The van der Waals surface area contributed by atoms with Crippen LogP contribution in [-0.4, -0.2) is 26.0 Å². The number of esters is 1. The highest BCUT2D eigenvalue weighted by Crippen LogP contribution is 2.28. The number of hydrogen-bond donors (Lipinski definition) is 0. The van der Waals surface area contributed by atoms with Gasteiger partial charge in [0, 0.05) is 4.90 Å². The maximum absolute atomic E-state index is 13.7. The van der Waals surface area contributed by atoms with Crippen LogP contribution in [-0.2, 0) is 23.9 Å². The molecular weight excluding hydrogens is 445 g/mol. The van der Waals surface area contributed by atoms with Crippen LogP contribution in [0.2, 0.25) is 0 Å². The van der Waals surface area contributed by atoms with E-state index in [4.69, 9.17) is 0 Å². The molecule has 0 atom stereocenters. The third kappa shape index (κ3) is 5.03. The van der Waals surface area contributed by atoms with E-state index in [-0.39, 0.29) is 6.61 Å². The van der Waals surface area contributed by atoms with Crippen molar-refractivity contribution in [2.45, 2.75) is 16.7 Å². The molecular formula is C16H10F5NO5S2. The molecule has 2 aromatic rings. The van der Waals surface area contributed by atoms with Crippen LogP contribution in [0.3, 0.4) is 0 Å². The van der Waals surface area contributed by atoms with Gasteiger partial charge in [0.05, 0.1) is 6.61 Å². The van der Waals surface area contributed by atoms with E-state index in [0.29, 0.717) is 16.7 Å². The molecule has 2 aromatic carbocycles. The maximum Gasteiger partial charge on any atom is 0.367 e. The van der Waals surface area contributed by atoms with Crippen LogP contribution in [0, 0.1) is 29.1 Å². The lowest BCUT2D eigenvalue weighted by Crippen LogP contribution is -2.18. The van der Waals surface area contributed by atoms with Crippen molar-refractivity contribution < 1.29 is 44.2 Å². The average molecular weight is 455 g/mol. The number of oxime groups is 1. The monoisotopic (exact) mass is 455 g/mol. The van der Waals surface area contributed by atoms with Crippen molar-refractivity contribution >= 4 is 32.9 Å². The molecule has 6 nitrogen and oxygen atoms in total. The molecule has 0 fully saturated rings. The van der Waals surface area contributed by atoms with E-state index in [1.807, 2.05) is 0 Å². The maximum atomic E-state index is 13.7. The van der Waals surface area contributed by atoms with Gasteiger partial charge in [-0.25, -0.2) is 26.7 Å². The summed E-state index contributed by atoms with van der Waals surface area (Å²) in [6, 6.07) is 7.83. The van der Waals surface area contributed by atoms with E-state index in [2.05, 4.69) is 14.2 Å². The summed E-state index contributed by atoms with van der Waals surface area (Å²) in [7, 11) is -5.62. The second kappa shape index (κ2) is 9.22. The Hall–Kier alpha value is -2.67. The van der Waals surface area contributed by atoms with Gasteiger partial charge in [0.1, 0.15) is 0 Å². The van der Waals surface area contributed by atoms with Gasteiger partial charge in [-0.3, -0.25) is 4.28 Å². The lowest BCUT2D eigenvalue weighted by atomic mass is 10.3. The molecule has 2 rings (SSSR count). The molecule has 13 heteroatoms. The van der Waals surface area contributed by atoms with Crippen molar-refractivity contribution in [1.29, 1.82) is 0 Å². The first-order valence-corrected chi connectivity index (χ1v) is 9.75. The fraction of sp³-hybridized carbons (Fsp3) is 0.125. The third-order valence-electron chi connectivity index (χ3n) is 3.05. The number of carbonyl (C=O) groups excluding carboxylic acids is 1. The molecule has 0 aliphatic heterocycles. The average Bonchev–Trinajstić information content (AvgIpc) is 2.69. The third-order valence-corrected chi connectivity index (χ3v) is 5.12. The van der Waals surface area contributed by atoms with Gasteiger partial charge in [-0.1, -0.05) is 30.0 Å². The first kappa shape index (κ1) is 22.6. The predicted octanol–water partition coefficient (Wildman–Crippen LogP) is 3.76. The largest absolute Gasteiger partial charge is 0.461 e. The molecule has 0 heterocycles. The van der Waals surface area contributed by atoms with E-state index >= 15 is 0 Å². The quantitative estimate of drug-likeness (QED) is 0.0999. The van der Waals surface area contributed by atoms with Gasteiger partial charge in [0.2, 0.25) is 10.9 Å². The fourth-order valence-corrected chi connectivity index (χ4v) is 3.46. The van der Waals surface area contributed by atoms with Crippen LogP contribution in [0.4, 0.5) is 22.0 Å². The Morgan fingerprint density at radius 3 is 2.00 bits per heavy atom. The van der Waals surface area contributed by atoms with Crippen LogP contribution in [0.15, 0.2) is 45.3 Å². The van der Waals surface area contributed by atoms with Crippen molar-refractivity contribution in [2.24, 2.45) is 5.16 Å². The number of halogens is 5. The highest BCUT2D eigenvalue weighted by atomic mass is 32.2. The second-order valence-electron chi connectivity index (χ2n) is 4.96. The topological polar surface area (TPSA) is 82.0 Å². The Labute approximate surface area is 165 Å². The fourth-order valence-electron chi connectivity index (χ4n) is 1.82. The molecule has 0 amide bonds. The summed E-state index contributed by atoms with van der Waals surface area (Å²) in [5, 5.41) is 2.29. The van der Waals surface area contributed by atoms with E-state index < -0.39 is 55.1 Å². The van der Waals surface area contributed by atoms with Gasteiger partial charge in [-0.15, -0.1) is 0 Å². The van der Waals surface area contributed by atoms with Crippen LogP contribution in [0.5, 0.6) is 0 Å². The molecule has 0 saturated heterocycles. The van der Waals surface area contributed by atoms with Crippen molar-refractivity contribution in [2.75, 3.05) is 6.61 Å². The van der Waals surface area contributed by atoms with Gasteiger partial charge < -0.3 is 4.74 Å². The molecule has 0 aliphatic carbocycles. The van der Waals surface area contributed by atoms with Crippen LogP contribution in [0.1, 0.15) is 6.92 Å². The summed E-state index contributed by atoms with van der Waals surface area (Å²) < 4.78 is 99.7. The number of nitrogens with zero attached hydrogens (tertiary/aromatic N) is 1. The molecule has 0 saturated carbocycles. The molecule has 0 spiro atoms. The standard InChI is InChI=1S/C16H10F5NO5S2/c1-2-26-16(23)15(28-8-6-4-3-5-7-8)22-27-29(24,25)14-12(20)10(18)9(17)11(19)13(14)21/h3-7H,2H2,1H3. The summed E-state index contributed by atoms with van der Waals surface area (Å²) in [5.41, 5.74) is 0. The Bertz CT molecular complexity index is 1030. The molecule has 0 N–H and O–H groups in total. The molecule has 156 valence electrons. The minimum Gasteiger partial charge on any atom is -0.461 e. The minimum atomic E-state index is -5.62. The summed E-state index contributed by atoms with van der Waals surface area (Å²) in [4.78, 5) is 10.1. The SMILES string of the molecule is CCOC(=O)C(=NOS(=O)(=O)c1c(F)c(F)c(F)c(F)c1F)Sc1ccccc1. The molecule has 0 aliphatic rings. The zero-order chi connectivity index (χ0) is 21.8. The van der Waals surface area contributed by atoms with Gasteiger partial charge >= 0.3 is 16.1 Å². The number of carbonyl (C=O) groups is 1. The molecule has 0 bridgehead atoms. The van der Waals surface area contributed by atoms with Crippen molar-refractivity contribution in [1.82, 2.24) is 0 Å². The van der Waals surface area contributed by atoms with Crippen molar-refractivity contribution in [3.8, 4) is 0 Å². The van der Waals surface area contributed by atoms with Crippen LogP contribution >= 0.6 is 11.8 Å². The highest BCUT2D eigenvalue weighted by molar-refractivity contribution is 8.15. The molecule has 0 radical (unpaired) electrons. The summed E-state index contributed by atoms with van der Waals surface area (Å²) >= 11 is 0.580. The molecule has 0 unspecified atom stereocenters. The lowest BCUT2D eigenvalue weighted by Gasteiger charge is -2.08. The first-order valence-electron chi connectivity index (χ1n) is 7.53. The predicted molar refractivity (Wildman–Crippen MR) is 90.9 cm³/mol. The van der Waals surface area contributed by atoms with E-state index in [9.17, 15) is 35.2 Å². The van der Waals surface area contributed by atoms with E-state index in [1.165, 1.54) is 19.1 Å². The minimum absolute atomic E-state index is 0.127. The van der Waals surface area contributed by atoms with E-state index in [0.717, 1.165) is 0 Å². The van der Waals surface area contributed by atoms with Gasteiger partial charge in [-0.05, 0) is 24.2 Å². The summed E-state index contributed by atoms with van der Waals surface area (Å²) in [5.74, 6) is -13.9. The normalized spacial score (nSPS) is 12.0. The summed E-state index contributed by atoms with van der Waals surface area (Å²) in [6.45, 7) is 1.31. The first-order chi connectivity index (χ1) is 13.6. The zero-order valence-corrected chi connectivity index (χ0v) is 15.9. The number of benzene rings is 2. The van der Waals surface area contributed by atoms with Crippen LogP contribution < -0.4 is 0 Å². The van der Waals surface area contributed by atoms with Crippen LogP contribution in [0.25, 0.3) is 0 Å². The number of thioether (sulfide) groups is 1. The Balaban J connectivity index is 2.45. The Morgan fingerprint density at radius 2 is 1.48 bits per heavy atom. The Kier molecular flexibility index (Phi) is 7.19. The molecule has 0 aromatic heterocycles. The highest BCUT2D eigenvalue weighted by Gasteiger charge is 2.35. The van der Waals surface area contributed by atoms with Crippen molar-refractivity contribution in [3.05, 3.63) is 59.4 Å². The van der Waals surface area contributed by atoms with Gasteiger partial charge in [0.25, 0.3) is 0 Å². The summed E-state index contributed by atoms with van der Waals surface area (Å²) in [6.07, 6.45) is 0. The van der Waals surface area contributed by atoms with Gasteiger partial charge in [-0.2, -0.15) is 8.42 Å². The smallest absolute Gasteiger partial charge is 0.367 e. The Morgan fingerprint density at radius 1 is 0.966 bits per heavy atom. The number of rotatable bonds is 5. The zero-order valence-electron chi connectivity index (χ0n) is 14.3. The van der Waals surface area contributed by atoms with Gasteiger partial charge in [0.15, 0.2) is 28.2 Å². The van der Waals surface area contributed by atoms with E-state index in [1.54, 1.807) is 18.2 Å². The lowest BCUT2D eigenvalue weighted by molar-refractivity contribution is -0.134. The second-order valence-corrected chi connectivity index (χ2v) is 7.49. The number of ether oxygens (including phenoxy) is 1.